The third kappa shape index (κ3) is 25.1. The van der Waals surface area contributed by atoms with E-state index in [0.29, 0.717) is 12.2 Å². The summed E-state index contributed by atoms with van der Waals surface area (Å²) in [7, 11) is -16.4. The molecule has 2 aromatic rings. The number of imidazole rings is 1. The Bertz CT molecular complexity index is 2340. The van der Waals surface area contributed by atoms with Gasteiger partial charge in [0.15, 0.2) is 22.8 Å². The van der Waals surface area contributed by atoms with Crippen molar-refractivity contribution < 1.29 is 80.5 Å². The van der Waals surface area contributed by atoms with Crippen LogP contribution in [0.1, 0.15) is 110 Å². The molecule has 0 aliphatic carbocycles. The van der Waals surface area contributed by atoms with Crippen molar-refractivity contribution in [3.05, 3.63) is 73.4 Å². The number of rotatable bonds is 36. The number of ether oxygens (including phenoxy) is 1. The SMILES string of the molecule is CC/C=C/C/C=C\C/C=C\C/C=C\C/C=C\CCCCCCCC(=O)SCCNC(=O)CCNC(=O)[C@H](O)C(C)(C)COP(=O)(O)OP(=O)(O)OC[C@H]1O[C@@H](n2cnc3c(N)ncnc32)[C@H](O)[C@@H]1OP(=O)(O)O. The second-order valence-corrected chi connectivity index (χ2v) is 22.7. The number of amides is 2. The third-order valence-electron chi connectivity index (χ3n) is 10.7. The summed E-state index contributed by atoms with van der Waals surface area (Å²) in [5, 5.41) is 26.7. The number of nitrogen functional groups attached to an aromatic ring is 1. The molecule has 73 heavy (non-hydrogen) atoms. The van der Waals surface area contributed by atoms with Gasteiger partial charge in [-0.25, -0.2) is 28.6 Å². The van der Waals surface area contributed by atoms with Gasteiger partial charge in [-0.3, -0.25) is 32.5 Å². The van der Waals surface area contributed by atoms with E-state index in [2.05, 4.69) is 102 Å². The number of carbonyl (C=O) groups excluding carboxylic acids is 3. The van der Waals surface area contributed by atoms with Gasteiger partial charge in [0.2, 0.25) is 11.8 Å². The van der Waals surface area contributed by atoms with Crippen LogP contribution in [0.15, 0.2) is 73.4 Å². The summed E-state index contributed by atoms with van der Waals surface area (Å²) in [4.78, 5) is 88.5. The molecule has 0 saturated carbocycles. The third-order valence-corrected chi connectivity index (χ3v) is 14.7. The minimum Gasteiger partial charge on any atom is -0.386 e. The molecule has 0 spiro atoms. The fraction of sp³-hybridized carbons (Fsp3) is 0.600. The average molecular weight is 1110 g/mol. The van der Waals surface area contributed by atoms with Crippen molar-refractivity contribution in [2.75, 3.05) is 37.8 Å². The van der Waals surface area contributed by atoms with E-state index in [9.17, 15) is 57.9 Å². The summed E-state index contributed by atoms with van der Waals surface area (Å²) in [6, 6.07) is 0. The first-order valence-electron chi connectivity index (χ1n) is 23.9. The topological polar surface area (TPSA) is 364 Å². The Balaban J connectivity index is 1.25. The number of thioether (sulfide) groups is 1. The number of fused-ring (bicyclic) bond motifs is 1. The van der Waals surface area contributed by atoms with Gasteiger partial charge < -0.3 is 50.9 Å². The van der Waals surface area contributed by atoms with E-state index >= 15 is 0 Å². The minimum absolute atomic E-state index is 0.0311. The van der Waals surface area contributed by atoms with Crippen LogP contribution in [-0.4, -0.2) is 123 Å². The second-order valence-electron chi connectivity index (χ2n) is 17.3. The van der Waals surface area contributed by atoms with Crippen LogP contribution in [0.3, 0.4) is 0 Å². The first-order chi connectivity index (χ1) is 34.6. The lowest BCUT2D eigenvalue weighted by atomic mass is 9.87. The van der Waals surface area contributed by atoms with Gasteiger partial charge in [0.25, 0.3) is 0 Å². The number of phosphoric ester groups is 3. The van der Waals surface area contributed by atoms with Gasteiger partial charge in [0.05, 0.1) is 19.5 Å². The molecule has 24 nitrogen and oxygen atoms in total. The maximum absolute atomic E-state index is 12.8. The van der Waals surface area contributed by atoms with Crippen LogP contribution in [-0.2, 0) is 50.7 Å². The number of hydrogen-bond donors (Lipinski definition) is 9. The normalized spacial score (nSPS) is 20.0. The molecular formula is C45H72N7O17P3S. The predicted molar refractivity (Wildman–Crippen MR) is 274 cm³/mol. The van der Waals surface area contributed by atoms with Gasteiger partial charge in [-0.15, -0.1) is 0 Å². The maximum Gasteiger partial charge on any atom is 0.481 e. The molecule has 2 unspecified atom stereocenters. The van der Waals surface area contributed by atoms with Gasteiger partial charge >= 0.3 is 23.5 Å². The van der Waals surface area contributed by atoms with Crippen LogP contribution in [0.4, 0.5) is 5.82 Å². The largest absolute Gasteiger partial charge is 0.481 e. The number of nitrogens with zero attached hydrogens (tertiary/aromatic N) is 4. The number of phosphoric acid groups is 3. The number of aliphatic hydroxyl groups excluding tert-OH is 2. The molecule has 10 N–H and O–H groups in total. The summed E-state index contributed by atoms with van der Waals surface area (Å²) in [5.74, 6) is -1.06. The molecule has 0 radical (unpaired) electrons. The standard InChI is InChI=1S/C45H72N7O17P3S/c1-4-5-6-7-8-9-10-11-12-13-14-15-16-17-18-19-20-21-22-23-24-25-36(54)73-29-28-47-35(53)26-27-48-43(57)40(56)45(2,3)31-66-72(63,64)69-71(61,62)65-30-34-39(68-70(58,59)60)38(55)44(67-34)52-33-51-37-41(46)49-32-50-42(37)52/h5-6,8-9,11-12,14-15,17-18,32-34,38-40,44,55-56H,4,7,10,13,16,19-31H2,1-3H3,(H,47,53)(H,48,57)(H,61,62)(H,63,64)(H2,46,49,50)(H2,58,59,60)/b6-5+,9-8-,12-11-,15-14-,18-17-/t34-,38-,39-,40+,44-/m1/s1. The van der Waals surface area contributed by atoms with Crippen molar-refractivity contribution >= 4 is 69.1 Å². The van der Waals surface area contributed by atoms with Crippen molar-refractivity contribution in [1.82, 2.24) is 30.2 Å². The molecule has 28 heteroatoms. The molecule has 0 bridgehead atoms. The van der Waals surface area contributed by atoms with Crippen molar-refractivity contribution in [2.45, 2.75) is 135 Å². The van der Waals surface area contributed by atoms with Gasteiger partial charge in [-0.1, -0.05) is 113 Å². The number of anilines is 1. The lowest BCUT2D eigenvalue weighted by Crippen LogP contribution is -2.46. The number of carbonyl (C=O) groups is 3. The van der Waals surface area contributed by atoms with Gasteiger partial charge in [-0.2, -0.15) is 4.31 Å². The average Bonchev–Trinajstić information content (AvgIpc) is 3.88. The van der Waals surface area contributed by atoms with E-state index in [4.69, 9.17) is 19.5 Å². The zero-order valence-corrected chi connectivity index (χ0v) is 44.8. The molecule has 2 amide bonds. The van der Waals surface area contributed by atoms with E-state index in [1.165, 1.54) is 13.8 Å². The smallest absolute Gasteiger partial charge is 0.386 e. The molecule has 3 rings (SSSR count). The van der Waals surface area contributed by atoms with Crippen LogP contribution >= 0.6 is 35.2 Å². The number of aliphatic hydroxyl groups is 2. The fourth-order valence-electron chi connectivity index (χ4n) is 6.80. The van der Waals surface area contributed by atoms with Crippen molar-refractivity contribution in [3.8, 4) is 0 Å². The number of hydrogen-bond acceptors (Lipinski definition) is 18. The van der Waals surface area contributed by atoms with Crippen molar-refractivity contribution in [1.29, 1.82) is 0 Å². The van der Waals surface area contributed by atoms with E-state index < -0.39 is 84.6 Å². The molecule has 7 atom stereocenters. The summed E-state index contributed by atoms with van der Waals surface area (Å²) in [5.41, 5.74) is 4.28. The van der Waals surface area contributed by atoms with Crippen LogP contribution < -0.4 is 16.4 Å². The quantitative estimate of drug-likeness (QED) is 0.0210. The Hall–Kier alpha value is -3.74. The molecule has 0 aromatic carbocycles. The van der Waals surface area contributed by atoms with Crippen molar-refractivity contribution in [3.63, 3.8) is 0 Å². The first-order valence-corrected chi connectivity index (χ1v) is 29.4. The van der Waals surface area contributed by atoms with E-state index in [1.807, 2.05) is 0 Å². The Kier molecular flexibility index (Phi) is 28.4. The van der Waals surface area contributed by atoms with Gasteiger partial charge in [-0.05, 0) is 51.4 Å². The zero-order valence-electron chi connectivity index (χ0n) is 41.3. The highest BCUT2D eigenvalue weighted by Crippen LogP contribution is 2.61. The second kappa shape index (κ2) is 32.6. The molecule has 1 aliphatic rings. The van der Waals surface area contributed by atoms with E-state index in [-0.39, 0.29) is 41.6 Å². The van der Waals surface area contributed by atoms with E-state index in [1.54, 1.807) is 0 Å². The molecule has 1 fully saturated rings. The van der Waals surface area contributed by atoms with Gasteiger partial charge in [0.1, 0.15) is 36.3 Å². The highest BCUT2D eigenvalue weighted by Gasteiger charge is 2.50. The number of nitrogens with two attached hydrogens (primary N) is 1. The minimum atomic E-state index is -5.58. The summed E-state index contributed by atoms with van der Waals surface area (Å²) in [6.07, 6.45) is 26.4. The summed E-state index contributed by atoms with van der Waals surface area (Å²) in [6.45, 7) is 2.67. The Labute approximate surface area is 429 Å². The first kappa shape index (κ1) is 63.6. The molecule has 1 saturated heterocycles. The number of nitrogens with one attached hydrogen (secondary N) is 2. The lowest BCUT2D eigenvalue weighted by molar-refractivity contribution is -0.137. The van der Waals surface area contributed by atoms with Crippen LogP contribution in [0, 0.1) is 5.41 Å². The summed E-state index contributed by atoms with van der Waals surface area (Å²) < 4.78 is 62.5. The molecule has 2 aromatic heterocycles. The predicted octanol–water partition coefficient (Wildman–Crippen LogP) is 6.15. The number of allylic oxidation sites excluding steroid dienone is 10. The monoisotopic (exact) mass is 1110 g/mol. The Morgan fingerprint density at radius 1 is 0.836 bits per heavy atom. The fourth-order valence-corrected chi connectivity index (χ4v) is 10.3. The Morgan fingerprint density at radius 2 is 1.44 bits per heavy atom. The molecule has 1 aliphatic heterocycles. The van der Waals surface area contributed by atoms with Crippen LogP contribution in [0.5, 0.6) is 0 Å². The maximum atomic E-state index is 12.8. The van der Waals surface area contributed by atoms with E-state index in [0.717, 1.165) is 99.6 Å². The van der Waals surface area contributed by atoms with Crippen LogP contribution in [0.25, 0.3) is 11.2 Å². The number of unbranched alkanes of at least 4 members (excludes halogenated alkanes) is 5. The Morgan fingerprint density at radius 3 is 2.08 bits per heavy atom. The lowest BCUT2D eigenvalue weighted by Gasteiger charge is -2.30. The van der Waals surface area contributed by atoms with Crippen LogP contribution in [0.2, 0.25) is 0 Å². The molecule has 410 valence electrons. The molecular weight excluding hydrogens is 1040 g/mol. The highest BCUT2D eigenvalue weighted by atomic mass is 32.2. The highest BCUT2D eigenvalue weighted by molar-refractivity contribution is 8.13. The van der Waals surface area contributed by atoms with Gasteiger partial charge in [0, 0.05) is 37.1 Å². The zero-order chi connectivity index (χ0) is 53.9. The molecule has 3 heterocycles. The van der Waals surface area contributed by atoms with Crippen molar-refractivity contribution in [2.24, 2.45) is 5.41 Å². The number of aromatic nitrogens is 4. The summed E-state index contributed by atoms with van der Waals surface area (Å²) >= 11 is 1.14.